The van der Waals surface area contributed by atoms with E-state index >= 15 is 0 Å². The maximum absolute atomic E-state index is 12.3. The van der Waals surface area contributed by atoms with E-state index in [-0.39, 0.29) is 5.78 Å². The van der Waals surface area contributed by atoms with Crippen LogP contribution < -0.4 is 0 Å². The van der Waals surface area contributed by atoms with Crippen LogP contribution in [0.5, 0.6) is 0 Å². The van der Waals surface area contributed by atoms with Crippen molar-refractivity contribution in [1.82, 2.24) is 9.97 Å². The zero-order chi connectivity index (χ0) is 14.9. The summed E-state index contributed by atoms with van der Waals surface area (Å²) >= 11 is 0. The predicted molar refractivity (Wildman–Crippen MR) is 86.5 cm³/mol. The molecule has 0 radical (unpaired) electrons. The van der Waals surface area contributed by atoms with Gasteiger partial charge in [-0.25, -0.2) is 9.97 Å². The zero-order valence-electron chi connectivity index (χ0n) is 12.8. The summed E-state index contributed by atoms with van der Waals surface area (Å²) in [5, 5.41) is 0.868. The molecule has 2 rings (SSSR count). The summed E-state index contributed by atoms with van der Waals surface area (Å²) < 4.78 is 0. The van der Waals surface area contributed by atoms with Gasteiger partial charge in [0.1, 0.15) is 12.0 Å². The van der Waals surface area contributed by atoms with Gasteiger partial charge in [0.2, 0.25) is 0 Å². The fourth-order valence-electron chi connectivity index (χ4n) is 2.59. The molecular weight excluding hydrogens is 260 g/mol. The minimum atomic E-state index is 0.141. The van der Waals surface area contributed by atoms with E-state index in [0.717, 1.165) is 23.7 Å². The Hall–Kier alpha value is -1.77. The van der Waals surface area contributed by atoms with E-state index in [2.05, 4.69) is 16.9 Å². The Labute approximate surface area is 126 Å². The molecule has 0 aliphatic heterocycles. The van der Waals surface area contributed by atoms with Gasteiger partial charge in [-0.1, -0.05) is 63.6 Å². The second-order valence-corrected chi connectivity index (χ2v) is 5.53. The SMILES string of the molecule is CCCCCCCCCC(=O)c1ncnc2ccccc12. The molecule has 1 heterocycles. The van der Waals surface area contributed by atoms with Crippen molar-refractivity contribution < 1.29 is 4.79 Å². The Morgan fingerprint density at radius 2 is 1.67 bits per heavy atom. The highest BCUT2D eigenvalue weighted by atomic mass is 16.1. The van der Waals surface area contributed by atoms with Gasteiger partial charge < -0.3 is 0 Å². The first-order valence-corrected chi connectivity index (χ1v) is 8.06. The number of unbranched alkanes of at least 4 members (excludes halogenated alkanes) is 6. The van der Waals surface area contributed by atoms with E-state index in [1.54, 1.807) is 0 Å². The molecule has 0 unspecified atom stereocenters. The van der Waals surface area contributed by atoms with Crippen LogP contribution in [0, 0.1) is 0 Å². The number of hydrogen-bond acceptors (Lipinski definition) is 3. The highest BCUT2D eigenvalue weighted by Crippen LogP contribution is 2.17. The molecule has 0 bridgehead atoms. The maximum Gasteiger partial charge on any atom is 0.181 e. The molecule has 0 aliphatic rings. The Balaban J connectivity index is 1.83. The van der Waals surface area contributed by atoms with Crippen molar-refractivity contribution in [3.05, 3.63) is 36.3 Å². The lowest BCUT2D eigenvalue weighted by Gasteiger charge is -2.04. The van der Waals surface area contributed by atoms with Gasteiger partial charge in [-0.2, -0.15) is 0 Å². The Morgan fingerprint density at radius 3 is 2.48 bits per heavy atom. The normalized spacial score (nSPS) is 10.9. The minimum absolute atomic E-state index is 0.141. The number of fused-ring (bicyclic) bond motifs is 1. The number of benzene rings is 1. The third-order valence-corrected chi connectivity index (χ3v) is 3.81. The first-order chi connectivity index (χ1) is 10.3. The van der Waals surface area contributed by atoms with Crippen LogP contribution >= 0.6 is 0 Å². The standard InChI is InChI=1S/C18H24N2O/c1-2-3-4-5-6-7-8-13-17(21)18-15-11-9-10-12-16(15)19-14-20-18/h9-12,14H,2-8,13H2,1H3. The molecule has 0 saturated carbocycles. The largest absolute Gasteiger partial charge is 0.292 e. The number of ketones is 1. The topological polar surface area (TPSA) is 42.9 Å². The van der Waals surface area contributed by atoms with Crippen molar-refractivity contribution in [3.8, 4) is 0 Å². The second kappa shape index (κ2) is 8.50. The smallest absolute Gasteiger partial charge is 0.181 e. The molecule has 0 aliphatic carbocycles. The van der Waals surface area contributed by atoms with Gasteiger partial charge in [0.25, 0.3) is 0 Å². The number of para-hydroxylation sites is 1. The molecule has 0 fully saturated rings. The van der Waals surface area contributed by atoms with Crippen molar-refractivity contribution in [2.45, 2.75) is 58.3 Å². The summed E-state index contributed by atoms with van der Waals surface area (Å²) in [6.07, 6.45) is 10.6. The lowest BCUT2D eigenvalue weighted by Crippen LogP contribution is -2.04. The zero-order valence-corrected chi connectivity index (χ0v) is 12.8. The molecule has 0 amide bonds. The van der Waals surface area contributed by atoms with Crippen LogP contribution in [-0.2, 0) is 0 Å². The quantitative estimate of drug-likeness (QED) is 0.483. The number of Topliss-reactive ketones (excluding diaryl/α,β-unsaturated/α-hetero) is 1. The fraction of sp³-hybridized carbons (Fsp3) is 0.500. The number of carbonyl (C=O) groups excluding carboxylic acids is 1. The fourth-order valence-corrected chi connectivity index (χ4v) is 2.59. The average molecular weight is 284 g/mol. The molecular formula is C18H24N2O. The first kappa shape index (κ1) is 15.6. The molecule has 0 spiro atoms. The molecule has 21 heavy (non-hydrogen) atoms. The number of rotatable bonds is 9. The molecule has 0 atom stereocenters. The summed E-state index contributed by atoms with van der Waals surface area (Å²) in [5.74, 6) is 0.141. The third kappa shape index (κ3) is 4.62. The number of aromatic nitrogens is 2. The average Bonchev–Trinajstić information content (AvgIpc) is 2.53. The molecule has 1 aromatic heterocycles. The monoisotopic (exact) mass is 284 g/mol. The number of carbonyl (C=O) groups is 1. The van der Waals surface area contributed by atoms with Gasteiger partial charge in [0, 0.05) is 11.8 Å². The van der Waals surface area contributed by atoms with Gasteiger partial charge in [0.15, 0.2) is 5.78 Å². The van der Waals surface area contributed by atoms with Crippen LogP contribution in [0.15, 0.2) is 30.6 Å². The summed E-state index contributed by atoms with van der Waals surface area (Å²) in [6, 6.07) is 7.70. The van der Waals surface area contributed by atoms with E-state index in [1.165, 1.54) is 38.4 Å². The van der Waals surface area contributed by atoms with Gasteiger partial charge in [0.05, 0.1) is 5.52 Å². The van der Waals surface area contributed by atoms with Gasteiger partial charge in [-0.15, -0.1) is 0 Å². The molecule has 3 heteroatoms. The second-order valence-electron chi connectivity index (χ2n) is 5.53. The lowest BCUT2D eigenvalue weighted by molar-refractivity contribution is 0.0976. The van der Waals surface area contributed by atoms with Crippen molar-refractivity contribution in [1.29, 1.82) is 0 Å². The van der Waals surface area contributed by atoms with Crippen molar-refractivity contribution in [2.24, 2.45) is 0 Å². The highest BCUT2D eigenvalue weighted by Gasteiger charge is 2.11. The lowest BCUT2D eigenvalue weighted by atomic mass is 10.0. The van der Waals surface area contributed by atoms with E-state index in [4.69, 9.17) is 0 Å². The van der Waals surface area contributed by atoms with Gasteiger partial charge in [-0.05, 0) is 12.5 Å². The van der Waals surface area contributed by atoms with Crippen LogP contribution in [0.2, 0.25) is 0 Å². The highest BCUT2D eigenvalue weighted by molar-refractivity contribution is 6.05. The van der Waals surface area contributed by atoms with E-state index in [9.17, 15) is 4.79 Å². The summed E-state index contributed by atoms with van der Waals surface area (Å²) in [7, 11) is 0. The third-order valence-electron chi connectivity index (χ3n) is 3.81. The van der Waals surface area contributed by atoms with Crippen LogP contribution in [0.1, 0.15) is 68.8 Å². The van der Waals surface area contributed by atoms with E-state index < -0.39 is 0 Å². The predicted octanol–water partition coefficient (Wildman–Crippen LogP) is 4.95. The van der Waals surface area contributed by atoms with Crippen LogP contribution in [-0.4, -0.2) is 15.8 Å². The Morgan fingerprint density at radius 1 is 0.952 bits per heavy atom. The molecule has 112 valence electrons. The van der Waals surface area contributed by atoms with Crippen LogP contribution in [0.3, 0.4) is 0 Å². The van der Waals surface area contributed by atoms with E-state index in [0.29, 0.717) is 12.1 Å². The maximum atomic E-state index is 12.3. The molecule has 0 saturated heterocycles. The van der Waals surface area contributed by atoms with Crippen molar-refractivity contribution in [2.75, 3.05) is 0 Å². The van der Waals surface area contributed by atoms with Crippen molar-refractivity contribution >= 4 is 16.7 Å². The molecule has 0 N–H and O–H groups in total. The van der Waals surface area contributed by atoms with Gasteiger partial charge >= 0.3 is 0 Å². The minimum Gasteiger partial charge on any atom is -0.292 e. The van der Waals surface area contributed by atoms with Crippen molar-refractivity contribution in [3.63, 3.8) is 0 Å². The van der Waals surface area contributed by atoms with Crippen LogP contribution in [0.4, 0.5) is 0 Å². The number of hydrogen-bond donors (Lipinski definition) is 0. The Kier molecular flexibility index (Phi) is 6.32. The Bertz CT molecular complexity index is 575. The molecule has 1 aromatic carbocycles. The summed E-state index contributed by atoms with van der Waals surface area (Å²) in [5.41, 5.74) is 1.42. The van der Waals surface area contributed by atoms with Crippen LogP contribution in [0.25, 0.3) is 10.9 Å². The number of nitrogens with zero attached hydrogens (tertiary/aromatic N) is 2. The van der Waals surface area contributed by atoms with E-state index in [1.807, 2.05) is 24.3 Å². The molecule has 3 nitrogen and oxygen atoms in total. The summed E-state index contributed by atoms with van der Waals surface area (Å²) in [6.45, 7) is 2.23. The summed E-state index contributed by atoms with van der Waals surface area (Å²) in [4.78, 5) is 20.7. The first-order valence-electron chi connectivity index (χ1n) is 8.06. The molecule has 2 aromatic rings. The van der Waals surface area contributed by atoms with Gasteiger partial charge in [-0.3, -0.25) is 4.79 Å².